The van der Waals surface area contributed by atoms with Crippen molar-refractivity contribution in [3.8, 4) is 0 Å². The van der Waals surface area contributed by atoms with E-state index in [1.165, 1.54) is 18.5 Å². The van der Waals surface area contributed by atoms with Gasteiger partial charge in [-0.05, 0) is 12.1 Å². The summed E-state index contributed by atoms with van der Waals surface area (Å²) in [4.78, 5) is 11.1. The normalized spacial score (nSPS) is 11.5. The molecule has 4 nitrogen and oxygen atoms in total. The van der Waals surface area contributed by atoms with Gasteiger partial charge in [0.25, 0.3) is 0 Å². The lowest BCUT2D eigenvalue weighted by Gasteiger charge is -2.07. The molecular weight excluding hydrogens is 265 g/mol. The number of hydrogen-bond donors (Lipinski definition) is 1. The SMILES string of the molecule is Nc1cc(Sc2ccncc2)nc(C(F)(F)F)n1. The minimum absolute atomic E-state index is 0.140. The molecule has 2 aromatic rings. The van der Waals surface area contributed by atoms with E-state index in [1.54, 1.807) is 12.1 Å². The fraction of sp³-hybridized carbons (Fsp3) is 0.100. The van der Waals surface area contributed by atoms with Gasteiger partial charge in [-0.25, -0.2) is 9.97 Å². The number of aromatic nitrogens is 3. The number of hydrogen-bond acceptors (Lipinski definition) is 5. The molecule has 0 unspecified atom stereocenters. The van der Waals surface area contributed by atoms with Crippen LogP contribution in [0.2, 0.25) is 0 Å². The van der Waals surface area contributed by atoms with Crippen molar-refractivity contribution in [2.24, 2.45) is 0 Å². The molecule has 0 saturated carbocycles. The van der Waals surface area contributed by atoms with Crippen LogP contribution in [0.1, 0.15) is 5.82 Å². The van der Waals surface area contributed by atoms with Gasteiger partial charge < -0.3 is 5.73 Å². The monoisotopic (exact) mass is 272 g/mol. The van der Waals surface area contributed by atoms with Crippen molar-refractivity contribution in [2.45, 2.75) is 16.1 Å². The molecule has 8 heteroatoms. The first kappa shape index (κ1) is 12.6. The number of nitrogens with zero attached hydrogens (tertiary/aromatic N) is 3. The van der Waals surface area contributed by atoms with E-state index in [9.17, 15) is 13.2 Å². The van der Waals surface area contributed by atoms with Crippen LogP contribution in [0.25, 0.3) is 0 Å². The maximum atomic E-state index is 12.5. The molecule has 0 aliphatic heterocycles. The lowest BCUT2D eigenvalue weighted by Crippen LogP contribution is -2.12. The van der Waals surface area contributed by atoms with Gasteiger partial charge in [0.05, 0.1) is 0 Å². The van der Waals surface area contributed by atoms with Crippen molar-refractivity contribution >= 4 is 17.6 Å². The van der Waals surface area contributed by atoms with Crippen LogP contribution in [0, 0.1) is 0 Å². The van der Waals surface area contributed by atoms with Gasteiger partial charge in [-0.1, -0.05) is 11.8 Å². The second kappa shape index (κ2) is 4.81. The van der Waals surface area contributed by atoms with E-state index >= 15 is 0 Å². The van der Waals surface area contributed by atoms with E-state index < -0.39 is 12.0 Å². The summed E-state index contributed by atoms with van der Waals surface area (Å²) in [5.41, 5.74) is 5.33. The summed E-state index contributed by atoms with van der Waals surface area (Å²) in [6.07, 6.45) is -1.53. The fourth-order valence-corrected chi connectivity index (χ4v) is 1.96. The summed E-state index contributed by atoms with van der Waals surface area (Å²) in [6, 6.07) is 4.62. The Morgan fingerprint density at radius 3 is 2.39 bits per heavy atom. The number of alkyl halides is 3. The highest BCUT2D eigenvalue weighted by atomic mass is 32.2. The van der Waals surface area contributed by atoms with Crippen LogP contribution in [0.15, 0.2) is 40.5 Å². The Labute approximate surface area is 104 Å². The Bertz CT molecular complexity index is 545. The molecule has 94 valence electrons. The van der Waals surface area contributed by atoms with E-state index in [0.717, 1.165) is 16.7 Å². The highest BCUT2D eigenvalue weighted by molar-refractivity contribution is 7.99. The molecule has 0 saturated heterocycles. The largest absolute Gasteiger partial charge is 0.451 e. The predicted octanol–water partition coefficient (Wildman–Crippen LogP) is 2.62. The number of nitrogens with two attached hydrogens (primary N) is 1. The van der Waals surface area contributed by atoms with Crippen LogP contribution in [-0.2, 0) is 6.18 Å². The smallest absolute Gasteiger partial charge is 0.384 e. The molecule has 0 bridgehead atoms. The lowest BCUT2D eigenvalue weighted by molar-refractivity contribution is -0.145. The van der Waals surface area contributed by atoms with Gasteiger partial charge in [0.2, 0.25) is 5.82 Å². The lowest BCUT2D eigenvalue weighted by atomic mass is 10.5. The molecule has 2 heterocycles. The average molecular weight is 272 g/mol. The molecular formula is C10H7F3N4S. The third-order valence-electron chi connectivity index (χ3n) is 1.85. The maximum absolute atomic E-state index is 12.5. The molecule has 0 aliphatic rings. The zero-order valence-electron chi connectivity index (χ0n) is 8.85. The van der Waals surface area contributed by atoms with Crippen LogP contribution < -0.4 is 5.73 Å². The highest BCUT2D eigenvalue weighted by Crippen LogP contribution is 2.31. The fourth-order valence-electron chi connectivity index (χ4n) is 1.15. The van der Waals surface area contributed by atoms with E-state index in [4.69, 9.17) is 5.73 Å². The minimum atomic E-state index is -4.61. The van der Waals surface area contributed by atoms with Gasteiger partial charge in [0, 0.05) is 23.4 Å². The Morgan fingerprint density at radius 1 is 1.11 bits per heavy atom. The molecule has 0 fully saturated rings. The number of halogens is 3. The quantitative estimate of drug-likeness (QED) is 0.851. The second-order valence-corrected chi connectivity index (χ2v) is 4.33. The van der Waals surface area contributed by atoms with E-state index in [-0.39, 0.29) is 10.8 Å². The Hall–Kier alpha value is -1.83. The van der Waals surface area contributed by atoms with Crippen LogP contribution in [0.5, 0.6) is 0 Å². The summed E-state index contributed by atoms with van der Waals surface area (Å²) in [7, 11) is 0. The van der Waals surface area contributed by atoms with Gasteiger partial charge in [-0.15, -0.1) is 0 Å². The maximum Gasteiger partial charge on any atom is 0.451 e. The van der Waals surface area contributed by atoms with Crippen molar-refractivity contribution < 1.29 is 13.2 Å². The van der Waals surface area contributed by atoms with Gasteiger partial charge >= 0.3 is 6.18 Å². The molecule has 0 spiro atoms. The zero-order chi connectivity index (χ0) is 13.2. The molecule has 0 radical (unpaired) electrons. The second-order valence-electron chi connectivity index (χ2n) is 3.24. The zero-order valence-corrected chi connectivity index (χ0v) is 9.66. The molecule has 18 heavy (non-hydrogen) atoms. The number of rotatable bonds is 2. The molecule has 0 aromatic carbocycles. The first-order valence-electron chi connectivity index (χ1n) is 4.75. The first-order valence-corrected chi connectivity index (χ1v) is 5.56. The molecule has 2 aromatic heterocycles. The van der Waals surface area contributed by atoms with Crippen molar-refractivity contribution in [2.75, 3.05) is 5.73 Å². The highest BCUT2D eigenvalue weighted by Gasteiger charge is 2.35. The van der Waals surface area contributed by atoms with Crippen molar-refractivity contribution in [3.05, 3.63) is 36.4 Å². The standard InChI is InChI=1S/C10H7F3N4S/c11-10(12,13)9-16-7(14)5-8(17-9)18-6-1-3-15-4-2-6/h1-5H,(H2,14,16,17). The van der Waals surface area contributed by atoms with Gasteiger partial charge in [-0.2, -0.15) is 13.2 Å². The molecule has 2 N–H and O–H groups in total. The summed E-state index contributed by atoms with van der Waals surface area (Å²) in [5.74, 6) is -1.45. The molecule has 0 atom stereocenters. The van der Waals surface area contributed by atoms with Crippen molar-refractivity contribution in [1.82, 2.24) is 15.0 Å². The Kier molecular flexibility index (Phi) is 3.37. The molecule has 2 rings (SSSR count). The first-order chi connectivity index (χ1) is 8.45. The molecule has 0 amide bonds. The number of nitrogen functional groups attached to an aromatic ring is 1. The third kappa shape index (κ3) is 3.10. The van der Waals surface area contributed by atoms with Gasteiger partial charge in [-0.3, -0.25) is 4.98 Å². The predicted molar refractivity (Wildman–Crippen MR) is 59.8 cm³/mol. The summed E-state index contributed by atoms with van der Waals surface area (Å²) in [5, 5.41) is 0.140. The van der Waals surface area contributed by atoms with Crippen LogP contribution >= 0.6 is 11.8 Å². The molecule has 0 aliphatic carbocycles. The summed E-state index contributed by atoms with van der Waals surface area (Å²) >= 11 is 1.06. The van der Waals surface area contributed by atoms with Crippen LogP contribution in [0.4, 0.5) is 19.0 Å². The number of pyridine rings is 1. The van der Waals surface area contributed by atoms with Crippen LogP contribution in [-0.4, -0.2) is 15.0 Å². The van der Waals surface area contributed by atoms with Crippen molar-refractivity contribution in [1.29, 1.82) is 0 Å². The van der Waals surface area contributed by atoms with Gasteiger partial charge in [0.1, 0.15) is 10.8 Å². The number of anilines is 1. The van der Waals surface area contributed by atoms with Crippen LogP contribution in [0.3, 0.4) is 0 Å². The van der Waals surface area contributed by atoms with Crippen molar-refractivity contribution in [3.63, 3.8) is 0 Å². The Balaban J connectivity index is 2.32. The topological polar surface area (TPSA) is 64.7 Å². The van der Waals surface area contributed by atoms with E-state index in [2.05, 4.69) is 15.0 Å². The minimum Gasteiger partial charge on any atom is -0.384 e. The van der Waals surface area contributed by atoms with Gasteiger partial charge in [0.15, 0.2) is 0 Å². The Morgan fingerprint density at radius 2 is 1.78 bits per heavy atom. The summed E-state index contributed by atoms with van der Waals surface area (Å²) < 4.78 is 37.5. The average Bonchev–Trinajstić information content (AvgIpc) is 2.28. The summed E-state index contributed by atoms with van der Waals surface area (Å²) in [6.45, 7) is 0. The third-order valence-corrected chi connectivity index (χ3v) is 2.77. The van der Waals surface area contributed by atoms with E-state index in [1.807, 2.05) is 0 Å². The van der Waals surface area contributed by atoms with E-state index in [0.29, 0.717) is 0 Å².